The van der Waals surface area contributed by atoms with Gasteiger partial charge in [0.2, 0.25) is 0 Å². The fraction of sp³-hybridized carbons (Fsp3) is 0.111. The average Bonchev–Trinajstić information content (AvgIpc) is 2.58. The molecule has 23 heavy (non-hydrogen) atoms. The van der Waals surface area contributed by atoms with Gasteiger partial charge < -0.3 is 10.4 Å². The van der Waals surface area contributed by atoms with Crippen LogP contribution in [0.25, 0.3) is 21.9 Å². The largest absolute Gasteiger partial charge is 0.505 e. The van der Waals surface area contributed by atoms with Crippen LogP contribution in [0.1, 0.15) is 17.4 Å². The fourth-order valence-electron chi connectivity index (χ4n) is 2.57. The zero-order valence-corrected chi connectivity index (χ0v) is 14.1. The van der Waals surface area contributed by atoms with E-state index in [1.54, 1.807) is 6.07 Å². The summed E-state index contributed by atoms with van der Waals surface area (Å²) < 4.78 is 0.533. The number of nitrogens with zero attached hydrogens (tertiary/aromatic N) is 1. The Labute approximate surface area is 142 Å². The summed E-state index contributed by atoms with van der Waals surface area (Å²) in [5.74, 6) is -0.496. The fourth-order valence-corrected chi connectivity index (χ4v) is 3.17. The van der Waals surface area contributed by atoms with Crippen molar-refractivity contribution in [2.24, 2.45) is 0 Å². The quantitative estimate of drug-likeness (QED) is 0.681. The Morgan fingerprint density at radius 3 is 2.61 bits per heavy atom. The highest BCUT2D eigenvalue weighted by atomic mass is 79.9. The summed E-state index contributed by atoms with van der Waals surface area (Å²) in [5.41, 5.74) is 1.99. The van der Waals surface area contributed by atoms with Crippen LogP contribution in [0.3, 0.4) is 0 Å². The van der Waals surface area contributed by atoms with Gasteiger partial charge in [-0.15, -0.1) is 0 Å². The Bertz CT molecular complexity index is 879. The topological polar surface area (TPSA) is 62.2 Å². The van der Waals surface area contributed by atoms with Gasteiger partial charge in [-0.2, -0.15) is 0 Å². The summed E-state index contributed by atoms with van der Waals surface area (Å²) in [7, 11) is 0. The molecule has 0 fully saturated rings. The molecule has 0 aliphatic carbocycles. The van der Waals surface area contributed by atoms with Gasteiger partial charge in [-0.3, -0.25) is 4.79 Å². The molecule has 0 atom stereocenters. The SMILES string of the molecule is CCNC(=O)c1nc(Br)c2c(-c3ccccc3)cccc2c1O. The van der Waals surface area contributed by atoms with E-state index in [4.69, 9.17) is 0 Å². The molecular formula is C18H15BrN2O2. The maximum Gasteiger partial charge on any atom is 0.273 e. The zero-order chi connectivity index (χ0) is 16.4. The lowest BCUT2D eigenvalue weighted by Gasteiger charge is -2.12. The van der Waals surface area contributed by atoms with Crippen LogP contribution in [0.15, 0.2) is 53.1 Å². The predicted molar refractivity (Wildman–Crippen MR) is 94.6 cm³/mol. The van der Waals surface area contributed by atoms with Crippen LogP contribution in [-0.4, -0.2) is 22.5 Å². The number of carbonyl (C=O) groups excluding carboxylic acids is 1. The highest BCUT2D eigenvalue weighted by Crippen LogP contribution is 2.38. The minimum absolute atomic E-state index is 0.0245. The van der Waals surface area contributed by atoms with Gasteiger partial charge in [-0.1, -0.05) is 48.5 Å². The monoisotopic (exact) mass is 370 g/mol. The molecule has 0 aliphatic rings. The van der Waals surface area contributed by atoms with Crippen LogP contribution >= 0.6 is 15.9 Å². The lowest BCUT2D eigenvalue weighted by Crippen LogP contribution is -2.24. The van der Waals surface area contributed by atoms with Crippen LogP contribution in [0, 0.1) is 0 Å². The molecule has 3 aromatic rings. The third-order valence-electron chi connectivity index (χ3n) is 3.60. The van der Waals surface area contributed by atoms with Crippen molar-refractivity contribution < 1.29 is 9.90 Å². The van der Waals surface area contributed by atoms with Gasteiger partial charge in [0.25, 0.3) is 5.91 Å². The van der Waals surface area contributed by atoms with Crippen LogP contribution in [0.5, 0.6) is 5.75 Å². The number of nitrogens with one attached hydrogen (secondary N) is 1. The van der Waals surface area contributed by atoms with E-state index >= 15 is 0 Å². The third-order valence-corrected chi connectivity index (χ3v) is 4.17. The third kappa shape index (κ3) is 2.80. The molecule has 1 amide bonds. The van der Waals surface area contributed by atoms with Crippen LogP contribution in [0.2, 0.25) is 0 Å². The number of hydrogen-bond acceptors (Lipinski definition) is 3. The van der Waals surface area contributed by atoms with E-state index in [-0.39, 0.29) is 11.4 Å². The number of hydrogen-bond donors (Lipinski definition) is 2. The van der Waals surface area contributed by atoms with Crippen molar-refractivity contribution in [2.45, 2.75) is 6.92 Å². The van der Waals surface area contributed by atoms with E-state index in [1.807, 2.05) is 49.4 Å². The Morgan fingerprint density at radius 2 is 1.91 bits per heavy atom. The normalized spacial score (nSPS) is 10.7. The first kappa shape index (κ1) is 15.5. The zero-order valence-electron chi connectivity index (χ0n) is 12.5. The van der Waals surface area contributed by atoms with Gasteiger partial charge >= 0.3 is 0 Å². The molecule has 0 aliphatic heterocycles. The highest BCUT2D eigenvalue weighted by molar-refractivity contribution is 9.10. The van der Waals surface area contributed by atoms with Gasteiger partial charge in [0.1, 0.15) is 4.60 Å². The van der Waals surface area contributed by atoms with Crippen molar-refractivity contribution >= 4 is 32.6 Å². The molecule has 4 nitrogen and oxygen atoms in total. The van der Waals surface area contributed by atoms with Gasteiger partial charge in [-0.05, 0) is 34.0 Å². The van der Waals surface area contributed by atoms with E-state index < -0.39 is 5.91 Å². The van der Waals surface area contributed by atoms with Crippen LogP contribution < -0.4 is 5.32 Å². The Hall–Kier alpha value is -2.40. The molecule has 5 heteroatoms. The molecule has 0 saturated carbocycles. The molecule has 2 aromatic carbocycles. The molecule has 1 aromatic heterocycles. The average molecular weight is 371 g/mol. The molecule has 0 unspecified atom stereocenters. The second-order valence-corrected chi connectivity index (χ2v) is 5.80. The number of aromatic hydroxyl groups is 1. The van der Waals surface area contributed by atoms with E-state index in [2.05, 4.69) is 26.2 Å². The number of rotatable bonds is 3. The maximum absolute atomic E-state index is 12.1. The van der Waals surface area contributed by atoms with Gasteiger partial charge in [-0.25, -0.2) is 4.98 Å². The molecule has 0 spiro atoms. The Kier molecular flexibility index (Phi) is 4.30. The Morgan fingerprint density at radius 1 is 1.17 bits per heavy atom. The van der Waals surface area contributed by atoms with Crippen molar-refractivity contribution in [1.29, 1.82) is 0 Å². The molecule has 2 N–H and O–H groups in total. The minimum atomic E-state index is -0.391. The number of pyridine rings is 1. The first-order chi connectivity index (χ1) is 11.1. The summed E-state index contributed by atoms with van der Waals surface area (Å²) in [6.45, 7) is 2.29. The molecule has 0 bridgehead atoms. The van der Waals surface area contributed by atoms with Gasteiger partial charge in [0, 0.05) is 17.3 Å². The number of amides is 1. The number of carbonyl (C=O) groups is 1. The predicted octanol–water partition coefficient (Wildman–Crippen LogP) is 4.12. The van der Waals surface area contributed by atoms with Crippen LogP contribution in [-0.2, 0) is 0 Å². The maximum atomic E-state index is 12.1. The molecule has 3 rings (SSSR count). The van der Waals surface area contributed by atoms with E-state index in [0.29, 0.717) is 16.5 Å². The van der Waals surface area contributed by atoms with Crippen LogP contribution in [0.4, 0.5) is 0 Å². The molecule has 1 heterocycles. The smallest absolute Gasteiger partial charge is 0.273 e. The summed E-state index contributed by atoms with van der Waals surface area (Å²) in [4.78, 5) is 16.3. The number of fused-ring (bicyclic) bond motifs is 1. The molecule has 0 radical (unpaired) electrons. The molecular weight excluding hydrogens is 356 g/mol. The highest BCUT2D eigenvalue weighted by Gasteiger charge is 2.19. The molecule has 0 saturated heterocycles. The summed E-state index contributed by atoms with van der Waals surface area (Å²) in [6.07, 6.45) is 0. The lowest BCUT2D eigenvalue weighted by atomic mass is 9.98. The summed E-state index contributed by atoms with van der Waals surface area (Å²) >= 11 is 3.45. The van der Waals surface area contributed by atoms with Crippen molar-refractivity contribution in [1.82, 2.24) is 10.3 Å². The lowest BCUT2D eigenvalue weighted by molar-refractivity contribution is 0.0948. The second kappa shape index (κ2) is 6.38. The standard InChI is InChI=1S/C18H15BrN2O2/c1-2-20-18(23)15-16(22)13-10-6-9-12(14(13)17(19)21-15)11-7-4-3-5-8-11/h3-10,22H,2H2,1H3,(H,20,23). The minimum Gasteiger partial charge on any atom is -0.505 e. The van der Waals surface area contributed by atoms with E-state index in [9.17, 15) is 9.90 Å². The number of aromatic nitrogens is 1. The van der Waals surface area contributed by atoms with E-state index in [1.165, 1.54) is 0 Å². The summed E-state index contributed by atoms with van der Waals surface area (Å²) in [6, 6.07) is 15.5. The van der Waals surface area contributed by atoms with Crippen molar-refractivity contribution in [3.63, 3.8) is 0 Å². The van der Waals surface area contributed by atoms with Gasteiger partial charge in [0.05, 0.1) is 0 Å². The first-order valence-electron chi connectivity index (χ1n) is 7.28. The van der Waals surface area contributed by atoms with Gasteiger partial charge in [0.15, 0.2) is 11.4 Å². The number of benzene rings is 2. The van der Waals surface area contributed by atoms with Crippen molar-refractivity contribution in [2.75, 3.05) is 6.54 Å². The summed E-state index contributed by atoms with van der Waals surface area (Å²) in [5, 5.41) is 14.5. The molecule has 116 valence electrons. The van der Waals surface area contributed by atoms with Crippen molar-refractivity contribution in [3.8, 4) is 16.9 Å². The number of halogens is 1. The Balaban J connectivity index is 2.28. The van der Waals surface area contributed by atoms with E-state index in [0.717, 1.165) is 16.5 Å². The first-order valence-corrected chi connectivity index (χ1v) is 8.07. The van der Waals surface area contributed by atoms with Crippen molar-refractivity contribution in [3.05, 3.63) is 58.8 Å². The second-order valence-electron chi connectivity index (χ2n) is 5.05.